The summed E-state index contributed by atoms with van der Waals surface area (Å²) in [5.74, 6) is -4.25. The fourth-order valence-electron chi connectivity index (χ4n) is 2.78. The normalized spacial score (nSPS) is 11.6. The summed E-state index contributed by atoms with van der Waals surface area (Å²) in [6.45, 7) is 0. The molecule has 0 unspecified atom stereocenters. The summed E-state index contributed by atoms with van der Waals surface area (Å²) >= 11 is 0. The lowest BCUT2D eigenvalue weighted by Crippen LogP contribution is -2.42. The van der Waals surface area contributed by atoms with E-state index in [2.05, 4.69) is 5.32 Å². The first kappa shape index (κ1) is 19.2. The summed E-state index contributed by atoms with van der Waals surface area (Å²) in [6.07, 6.45) is 0.0554. The van der Waals surface area contributed by atoms with Gasteiger partial charge >= 0.3 is 5.97 Å². The van der Waals surface area contributed by atoms with Gasteiger partial charge in [0.2, 0.25) is 0 Å². The quantitative estimate of drug-likeness (QED) is 0.677. The molecule has 0 heterocycles. The zero-order valence-corrected chi connectivity index (χ0v) is 14.7. The van der Waals surface area contributed by atoms with Crippen LogP contribution >= 0.6 is 0 Å². The van der Waals surface area contributed by atoms with Gasteiger partial charge in [0.1, 0.15) is 6.04 Å². The lowest BCUT2D eigenvalue weighted by molar-refractivity contribution is -0.139. The Morgan fingerprint density at radius 3 is 2.11 bits per heavy atom. The number of carboxylic acid groups (broad SMARTS) is 1. The molecule has 4 nitrogen and oxygen atoms in total. The molecule has 0 aliphatic heterocycles. The fraction of sp³-hybridized carbons (Fsp3) is 0.0909. The first-order chi connectivity index (χ1) is 13.4. The van der Waals surface area contributed by atoms with Crippen molar-refractivity contribution in [3.8, 4) is 11.1 Å². The Hall–Kier alpha value is -3.54. The van der Waals surface area contributed by atoms with E-state index in [9.17, 15) is 23.5 Å². The third-order valence-corrected chi connectivity index (χ3v) is 4.29. The smallest absolute Gasteiger partial charge is 0.326 e. The standard InChI is InChI=1S/C22H17F2NO3/c23-18-11-10-17(13-19(18)24)21(26)25-20(22(27)28)12-14-6-8-16(9-7-14)15-4-2-1-3-5-15/h1-11,13,20H,12H2,(H,25,26)(H,27,28)/t20-/m0/s1. The first-order valence-corrected chi connectivity index (χ1v) is 8.57. The number of amides is 1. The Labute approximate surface area is 160 Å². The molecule has 0 aliphatic rings. The van der Waals surface area contributed by atoms with Gasteiger partial charge in [-0.2, -0.15) is 0 Å². The van der Waals surface area contributed by atoms with Crippen molar-refractivity contribution < 1.29 is 23.5 Å². The number of rotatable bonds is 6. The zero-order valence-electron chi connectivity index (χ0n) is 14.7. The highest BCUT2D eigenvalue weighted by molar-refractivity contribution is 5.96. The molecular formula is C22H17F2NO3. The molecule has 0 aliphatic carbocycles. The molecule has 3 aromatic rings. The maximum atomic E-state index is 13.3. The second-order valence-corrected chi connectivity index (χ2v) is 6.26. The van der Waals surface area contributed by atoms with Crippen LogP contribution in [0.25, 0.3) is 11.1 Å². The highest BCUT2D eigenvalue weighted by Crippen LogP contribution is 2.20. The Bertz CT molecular complexity index is 988. The van der Waals surface area contributed by atoms with Crippen LogP contribution in [-0.2, 0) is 11.2 Å². The third-order valence-electron chi connectivity index (χ3n) is 4.29. The van der Waals surface area contributed by atoms with E-state index < -0.39 is 29.6 Å². The van der Waals surface area contributed by atoms with Crippen LogP contribution in [0.2, 0.25) is 0 Å². The van der Waals surface area contributed by atoms with Gasteiger partial charge in [0.25, 0.3) is 5.91 Å². The van der Waals surface area contributed by atoms with Gasteiger partial charge in [-0.1, -0.05) is 54.6 Å². The van der Waals surface area contributed by atoms with E-state index in [0.29, 0.717) is 0 Å². The summed E-state index contributed by atoms with van der Waals surface area (Å²) in [6, 6.07) is 18.5. The molecule has 142 valence electrons. The number of nitrogens with one attached hydrogen (secondary N) is 1. The Morgan fingerprint density at radius 2 is 1.50 bits per heavy atom. The van der Waals surface area contributed by atoms with E-state index in [-0.39, 0.29) is 12.0 Å². The van der Waals surface area contributed by atoms with Crippen LogP contribution in [0.3, 0.4) is 0 Å². The number of carbonyl (C=O) groups is 2. The van der Waals surface area contributed by atoms with Crippen molar-refractivity contribution >= 4 is 11.9 Å². The number of benzene rings is 3. The van der Waals surface area contributed by atoms with Gasteiger partial charge < -0.3 is 10.4 Å². The zero-order chi connectivity index (χ0) is 20.1. The van der Waals surface area contributed by atoms with E-state index in [1.54, 1.807) is 12.1 Å². The number of hydrogen-bond donors (Lipinski definition) is 2. The second kappa shape index (κ2) is 8.43. The molecule has 0 saturated carbocycles. The van der Waals surface area contributed by atoms with Gasteiger partial charge in [-0.3, -0.25) is 4.79 Å². The minimum Gasteiger partial charge on any atom is -0.480 e. The highest BCUT2D eigenvalue weighted by Gasteiger charge is 2.22. The number of carbonyl (C=O) groups excluding carboxylic acids is 1. The van der Waals surface area contributed by atoms with E-state index in [1.165, 1.54) is 0 Å². The highest BCUT2D eigenvalue weighted by atomic mass is 19.2. The molecule has 0 aromatic heterocycles. The van der Waals surface area contributed by atoms with Gasteiger partial charge in [0.05, 0.1) is 0 Å². The predicted octanol–water partition coefficient (Wildman–Crippen LogP) is 4.06. The van der Waals surface area contributed by atoms with Crippen molar-refractivity contribution in [1.82, 2.24) is 5.32 Å². The Kier molecular flexibility index (Phi) is 5.79. The molecule has 1 amide bonds. The number of carboxylic acids is 1. The molecule has 2 N–H and O–H groups in total. The van der Waals surface area contributed by atoms with Gasteiger partial charge in [0, 0.05) is 12.0 Å². The van der Waals surface area contributed by atoms with Crippen molar-refractivity contribution in [1.29, 1.82) is 0 Å². The summed E-state index contributed by atoms with van der Waals surface area (Å²) in [7, 11) is 0. The van der Waals surface area contributed by atoms with Gasteiger partial charge in [-0.25, -0.2) is 13.6 Å². The molecule has 0 bridgehead atoms. The van der Waals surface area contributed by atoms with Crippen LogP contribution in [0.15, 0.2) is 72.8 Å². The number of halogens is 2. The summed E-state index contributed by atoms with van der Waals surface area (Å²) in [5.41, 5.74) is 2.60. The summed E-state index contributed by atoms with van der Waals surface area (Å²) in [4.78, 5) is 23.7. The second-order valence-electron chi connectivity index (χ2n) is 6.26. The van der Waals surface area contributed by atoms with Crippen LogP contribution in [-0.4, -0.2) is 23.0 Å². The predicted molar refractivity (Wildman–Crippen MR) is 101 cm³/mol. The molecule has 6 heteroatoms. The first-order valence-electron chi connectivity index (χ1n) is 8.57. The lowest BCUT2D eigenvalue weighted by Gasteiger charge is -2.15. The molecule has 3 aromatic carbocycles. The Balaban J connectivity index is 1.71. The van der Waals surface area contributed by atoms with E-state index in [1.807, 2.05) is 42.5 Å². The van der Waals surface area contributed by atoms with Crippen LogP contribution in [0, 0.1) is 11.6 Å². The van der Waals surface area contributed by atoms with Crippen LogP contribution in [0.5, 0.6) is 0 Å². The van der Waals surface area contributed by atoms with E-state index >= 15 is 0 Å². The number of hydrogen-bond acceptors (Lipinski definition) is 2. The Morgan fingerprint density at radius 1 is 0.857 bits per heavy atom. The molecule has 3 rings (SSSR count). The molecule has 28 heavy (non-hydrogen) atoms. The van der Waals surface area contributed by atoms with Gasteiger partial charge in [-0.05, 0) is 34.9 Å². The monoisotopic (exact) mass is 381 g/mol. The van der Waals surface area contributed by atoms with Crippen molar-refractivity contribution in [2.24, 2.45) is 0 Å². The molecule has 0 spiro atoms. The van der Waals surface area contributed by atoms with Crippen molar-refractivity contribution in [3.05, 3.63) is 95.6 Å². The third kappa shape index (κ3) is 4.59. The molecule has 0 saturated heterocycles. The summed E-state index contributed by atoms with van der Waals surface area (Å²) < 4.78 is 26.3. The summed E-state index contributed by atoms with van der Waals surface area (Å²) in [5, 5.41) is 11.8. The maximum Gasteiger partial charge on any atom is 0.326 e. The fourth-order valence-corrected chi connectivity index (χ4v) is 2.78. The van der Waals surface area contributed by atoms with Crippen LogP contribution in [0.1, 0.15) is 15.9 Å². The average molecular weight is 381 g/mol. The average Bonchev–Trinajstić information content (AvgIpc) is 2.70. The van der Waals surface area contributed by atoms with Crippen molar-refractivity contribution in [3.63, 3.8) is 0 Å². The molecular weight excluding hydrogens is 364 g/mol. The minimum absolute atomic E-state index is 0.0554. The van der Waals surface area contributed by atoms with Crippen molar-refractivity contribution in [2.45, 2.75) is 12.5 Å². The topological polar surface area (TPSA) is 66.4 Å². The minimum atomic E-state index is -1.22. The molecule has 0 radical (unpaired) electrons. The number of aliphatic carboxylic acids is 1. The van der Waals surface area contributed by atoms with Crippen LogP contribution in [0.4, 0.5) is 8.78 Å². The SMILES string of the molecule is O=C(N[C@@H](Cc1ccc(-c2ccccc2)cc1)C(=O)O)c1ccc(F)c(F)c1. The van der Waals surface area contributed by atoms with E-state index in [0.717, 1.165) is 34.9 Å². The van der Waals surface area contributed by atoms with E-state index in [4.69, 9.17) is 0 Å². The maximum absolute atomic E-state index is 13.3. The van der Waals surface area contributed by atoms with Gasteiger partial charge in [0.15, 0.2) is 11.6 Å². The largest absolute Gasteiger partial charge is 0.480 e. The molecule has 0 fully saturated rings. The van der Waals surface area contributed by atoms with Crippen molar-refractivity contribution in [2.75, 3.05) is 0 Å². The molecule has 1 atom stereocenters. The van der Waals surface area contributed by atoms with Gasteiger partial charge in [-0.15, -0.1) is 0 Å². The lowest BCUT2D eigenvalue weighted by atomic mass is 10.0. The van der Waals surface area contributed by atoms with Crippen LogP contribution < -0.4 is 5.32 Å².